The Morgan fingerprint density at radius 3 is 2.47 bits per heavy atom. The van der Waals surface area contributed by atoms with Gasteiger partial charge in [-0.25, -0.2) is 0 Å². The van der Waals surface area contributed by atoms with Crippen molar-refractivity contribution in [2.45, 2.75) is 0 Å². The fourth-order valence-corrected chi connectivity index (χ4v) is 1.59. The van der Waals surface area contributed by atoms with Gasteiger partial charge < -0.3 is 4.74 Å². The third-order valence-electron chi connectivity index (χ3n) is 2.26. The largest absolute Gasteiger partial charge is 0.496 e. The molecule has 0 aromatic heterocycles. The van der Waals surface area contributed by atoms with Crippen LogP contribution in [0.3, 0.4) is 0 Å². The second-order valence-corrected chi connectivity index (χ2v) is 3.09. The van der Waals surface area contributed by atoms with E-state index < -0.39 is 4.92 Å². The molecule has 0 aromatic rings. The monoisotopic (exact) mass is 203 g/mol. The number of fused-ring (bicyclic) bond motifs is 1. The molecule has 4 heteroatoms. The molecule has 0 aromatic carbocycles. The highest BCUT2D eigenvalue weighted by atomic mass is 16.6. The number of nitrogens with zero attached hydrogens (tertiary/aromatic N) is 1. The molecular formula is C11H9NO3. The quantitative estimate of drug-likeness (QED) is 0.557. The van der Waals surface area contributed by atoms with Crippen LogP contribution in [0.15, 0.2) is 36.4 Å². The molecule has 76 valence electrons. The normalized spacial score (nSPS) is 10.2. The molecule has 2 aliphatic carbocycles. The van der Waals surface area contributed by atoms with E-state index in [-0.39, 0.29) is 5.69 Å². The Balaban J connectivity index is 2.73. The fraction of sp³-hybridized carbons (Fsp3) is 0.0909. The van der Waals surface area contributed by atoms with E-state index in [9.17, 15) is 10.1 Å². The van der Waals surface area contributed by atoms with E-state index in [0.29, 0.717) is 11.3 Å². The molecule has 0 heterocycles. The molecule has 0 fully saturated rings. The Hall–Kier alpha value is -2.10. The van der Waals surface area contributed by atoms with E-state index in [0.717, 1.165) is 5.56 Å². The summed E-state index contributed by atoms with van der Waals surface area (Å²) in [5.74, 6) is 0.535. The van der Waals surface area contributed by atoms with Gasteiger partial charge in [-0.1, -0.05) is 24.3 Å². The van der Waals surface area contributed by atoms with Crippen LogP contribution in [0.25, 0.3) is 11.1 Å². The maximum atomic E-state index is 10.8. The highest BCUT2D eigenvalue weighted by Gasteiger charge is 2.22. The van der Waals surface area contributed by atoms with Gasteiger partial charge in [-0.05, 0) is 6.07 Å². The summed E-state index contributed by atoms with van der Waals surface area (Å²) in [6.45, 7) is 0. The first-order valence-electron chi connectivity index (χ1n) is 4.44. The number of methoxy groups -OCH3 is 1. The minimum atomic E-state index is -0.398. The number of hydrogen-bond donors (Lipinski definition) is 0. The zero-order chi connectivity index (χ0) is 10.8. The van der Waals surface area contributed by atoms with E-state index in [1.807, 2.05) is 12.1 Å². The number of ether oxygens (including phenoxy) is 1. The van der Waals surface area contributed by atoms with Crippen LogP contribution in [0.2, 0.25) is 0 Å². The van der Waals surface area contributed by atoms with Crippen molar-refractivity contribution in [1.29, 1.82) is 0 Å². The lowest BCUT2D eigenvalue weighted by molar-refractivity contribution is -0.383. The highest BCUT2D eigenvalue weighted by Crippen LogP contribution is 2.41. The summed E-state index contributed by atoms with van der Waals surface area (Å²) in [5.41, 5.74) is 1.44. The van der Waals surface area contributed by atoms with Crippen molar-refractivity contribution in [3.63, 3.8) is 0 Å². The van der Waals surface area contributed by atoms with Crippen molar-refractivity contribution >= 4 is 5.69 Å². The van der Waals surface area contributed by atoms with Crippen molar-refractivity contribution in [3.8, 4) is 16.9 Å². The molecule has 2 aliphatic rings. The SMILES string of the molecule is COc1cc([N+](=O)[O-])c2cccccc1-2. The van der Waals surface area contributed by atoms with Crippen LogP contribution in [0.5, 0.6) is 5.75 Å². The standard InChI is InChI=1S/C11H9NO3/c1-15-11-7-10(12(13)14)8-5-3-2-4-6-9(8)11/h2-7H,1H3. The van der Waals surface area contributed by atoms with Crippen LogP contribution in [-0.4, -0.2) is 12.0 Å². The fourth-order valence-electron chi connectivity index (χ4n) is 1.59. The molecule has 2 rings (SSSR count). The molecule has 0 spiro atoms. The van der Waals surface area contributed by atoms with E-state index in [1.165, 1.54) is 13.2 Å². The summed E-state index contributed by atoms with van der Waals surface area (Å²) in [7, 11) is 1.51. The van der Waals surface area contributed by atoms with Crippen molar-refractivity contribution < 1.29 is 9.66 Å². The lowest BCUT2D eigenvalue weighted by atomic mass is 10.2. The van der Waals surface area contributed by atoms with Gasteiger partial charge >= 0.3 is 0 Å². The van der Waals surface area contributed by atoms with Gasteiger partial charge in [0.05, 0.1) is 23.7 Å². The summed E-state index contributed by atoms with van der Waals surface area (Å²) in [4.78, 5) is 10.4. The molecule has 0 aliphatic heterocycles. The highest BCUT2D eigenvalue weighted by molar-refractivity contribution is 5.83. The van der Waals surface area contributed by atoms with Gasteiger partial charge in [-0.15, -0.1) is 0 Å². The van der Waals surface area contributed by atoms with E-state index in [4.69, 9.17) is 4.74 Å². The molecule has 0 unspecified atom stereocenters. The minimum Gasteiger partial charge on any atom is -0.496 e. The van der Waals surface area contributed by atoms with E-state index in [2.05, 4.69) is 0 Å². The summed E-state index contributed by atoms with van der Waals surface area (Å²) in [6, 6.07) is 10.4. The summed E-state index contributed by atoms with van der Waals surface area (Å²) >= 11 is 0. The smallest absolute Gasteiger partial charge is 0.281 e. The first-order chi connectivity index (χ1) is 7.24. The van der Waals surface area contributed by atoms with Crippen molar-refractivity contribution in [2.75, 3.05) is 7.11 Å². The van der Waals surface area contributed by atoms with Gasteiger partial charge in [-0.3, -0.25) is 10.1 Å². The van der Waals surface area contributed by atoms with Crippen LogP contribution in [0.4, 0.5) is 5.69 Å². The second kappa shape index (κ2) is 3.57. The lowest BCUT2D eigenvalue weighted by Gasteiger charge is -1.96. The van der Waals surface area contributed by atoms with Gasteiger partial charge in [0.15, 0.2) is 0 Å². The molecule has 0 bridgehead atoms. The average molecular weight is 203 g/mol. The van der Waals surface area contributed by atoms with E-state index in [1.54, 1.807) is 18.2 Å². The van der Waals surface area contributed by atoms with Crippen LogP contribution >= 0.6 is 0 Å². The Morgan fingerprint density at radius 2 is 1.87 bits per heavy atom. The van der Waals surface area contributed by atoms with Crippen LogP contribution < -0.4 is 4.74 Å². The van der Waals surface area contributed by atoms with Crippen LogP contribution in [-0.2, 0) is 0 Å². The van der Waals surface area contributed by atoms with Crippen molar-refractivity contribution in [2.24, 2.45) is 0 Å². The predicted molar refractivity (Wildman–Crippen MR) is 56.3 cm³/mol. The Bertz CT molecular complexity index is 481. The van der Waals surface area contributed by atoms with E-state index >= 15 is 0 Å². The molecule has 15 heavy (non-hydrogen) atoms. The van der Waals surface area contributed by atoms with Crippen molar-refractivity contribution in [3.05, 3.63) is 46.5 Å². The minimum absolute atomic E-state index is 0.0815. The van der Waals surface area contributed by atoms with Gasteiger partial charge in [0, 0.05) is 5.56 Å². The molecule has 0 saturated carbocycles. The zero-order valence-corrected chi connectivity index (χ0v) is 8.14. The first kappa shape index (κ1) is 9.45. The Labute approximate surface area is 86.6 Å². The lowest BCUT2D eigenvalue weighted by Crippen LogP contribution is -1.85. The Morgan fingerprint density at radius 1 is 1.20 bits per heavy atom. The maximum absolute atomic E-state index is 10.8. The third-order valence-corrected chi connectivity index (χ3v) is 2.26. The topological polar surface area (TPSA) is 52.4 Å². The summed E-state index contributed by atoms with van der Waals surface area (Å²) < 4.78 is 5.10. The average Bonchev–Trinajstić information content (AvgIpc) is 2.41. The molecular weight excluding hydrogens is 194 g/mol. The molecule has 0 atom stereocenters. The number of nitro groups is 1. The van der Waals surface area contributed by atoms with Crippen molar-refractivity contribution in [1.82, 2.24) is 0 Å². The zero-order valence-electron chi connectivity index (χ0n) is 8.14. The van der Waals surface area contributed by atoms with Gasteiger partial charge in [0.2, 0.25) is 0 Å². The first-order valence-corrected chi connectivity index (χ1v) is 4.44. The number of hydrogen-bond acceptors (Lipinski definition) is 3. The summed E-state index contributed by atoms with van der Waals surface area (Å²) in [6.07, 6.45) is 0. The Kier molecular flexibility index (Phi) is 2.25. The molecule has 0 radical (unpaired) electrons. The second-order valence-electron chi connectivity index (χ2n) is 3.09. The molecule has 0 saturated heterocycles. The third kappa shape index (κ3) is 1.50. The van der Waals surface area contributed by atoms with Gasteiger partial charge in [0.25, 0.3) is 5.69 Å². The van der Waals surface area contributed by atoms with Crippen LogP contribution in [0, 0.1) is 10.1 Å². The summed E-state index contributed by atoms with van der Waals surface area (Å²) in [5, 5.41) is 10.8. The maximum Gasteiger partial charge on any atom is 0.281 e. The van der Waals surface area contributed by atoms with Gasteiger partial charge in [-0.2, -0.15) is 0 Å². The van der Waals surface area contributed by atoms with Crippen LogP contribution in [0.1, 0.15) is 0 Å². The predicted octanol–water partition coefficient (Wildman–Crippen LogP) is 2.71. The van der Waals surface area contributed by atoms with Gasteiger partial charge in [0.1, 0.15) is 5.75 Å². The molecule has 4 nitrogen and oxygen atoms in total. The molecule has 0 amide bonds. The molecule has 0 N–H and O–H groups in total. The number of rotatable bonds is 2.